The van der Waals surface area contributed by atoms with Crippen LogP contribution in [0.3, 0.4) is 0 Å². The molecule has 25 heavy (non-hydrogen) atoms. The van der Waals surface area contributed by atoms with Gasteiger partial charge in [0, 0.05) is 18.4 Å². The molecule has 0 bridgehead atoms. The van der Waals surface area contributed by atoms with E-state index in [0.717, 1.165) is 24.0 Å². The van der Waals surface area contributed by atoms with E-state index in [1.807, 2.05) is 49.4 Å². The Morgan fingerprint density at radius 2 is 1.80 bits per heavy atom. The summed E-state index contributed by atoms with van der Waals surface area (Å²) in [5.74, 6) is 0. The first kappa shape index (κ1) is 17.4. The summed E-state index contributed by atoms with van der Waals surface area (Å²) >= 11 is 0. The fraction of sp³-hybridized carbons (Fsp3) is 0.400. The number of urea groups is 1. The quantitative estimate of drug-likeness (QED) is 0.800. The Bertz CT molecular complexity index is 683. The summed E-state index contributed by atoms with van der Waals surface area (Å²) in [5.41, 5.74) is 1.21. The van der Waals surface area contributed by atoms with Crippen LogP contribution in [-0.4, -0.2) is 22.2 Å². The Hall–Kier alpha value is -2.40. The molecule has 3 rings (SSSR count). The molecule has 0 saturated heterocycles. The van der Waals surface area contributed by atoms with Crippen LogP contribution >= 0.6 is 0 Å². The second-order valence-corrected chi connectivity index (χ2v) is 6.79. The molecule has 0 radical (unpaired) electrons. The van der Waals surface area contributed by atoms with E-state index >= 15 is 0 Å². The summed E-state index contributed by atoms with van der Waals surface area (Å²) in [5, 5.41) is 16.8. The standard InChI is InChI=1S/C20H25N3O2/c1-15(16-9-13-21-14-10-16)22-19(24)23-18-7-11-20(25,12-8-18)17-5-3-2-4-6-17/h2-6,9-10,13-15,18,25H,7-8,11-12H2,1H3,(H2,22,23,24). The number of aromatic nitrogens is 1. The molecule has 5 nitrogen and oxygen atoms in total. The largest absolute Gasteiger partial charge is 0.385 e. The Balaban J connectivity index is 1.50. The van der Waals surface area contributed by atoms with E-state index in [1.54, 1.807) is 12.4 Å². The summed E-state index contributed by atoms with van der Waals surface area (Å²) in [6.45, 7) is 1.95. The van der Waals surface area contributed by atoms with Crippen molar-refractivity contribution < 1.29 is 9.90 Å². The maximum absolute atomic E-state index is 12.2. The monoisotopic (exact) mass is 339 g/mol. The van der Waals surface area contributed by atoms with Crippen LogP contribution in [0.4, 0.5) is 4.79 Å². The molecule has 1 aromatic heterocycles. The van der Waals surface area contributed by atoms with Crippen molar-refractivity contribution >= 4 is 6.03 Å². The van der Waals surface area contributed by atoms with E-state index in [2.05, 4.69) is 15.6 Å². The number of aliphatic hydroxyl groups is 1. The number of nitrogens with zero attached hydrogens (tertiary/aromatic N) is 1. The molecular formula is C20H25N3O2. The number of amides is 2. The summed E-state index contributed by atoms with van der Waals surface area (Å²) in [4.78, 5) is 16.2. The minimum Gasteiger partial charge on any atom is -0.385 e. The molecule has 3 N–H and O–H groups in total. The molecule has 1 atom stereocenters. The van der Waals surface area contributed by atoms with Gasteiger partial charge < -0.3 is 15.7 Å². The number of hydrogen-bond donors (Lipinski definition) is 3. The highest BCUT2D eigenvalue weighted by molar-refractivity contribution is 5.74. The average Bonchev–Trinajstić information content (AvgIpc) is 2.65. The van der Waals surface area contributed by atoms with Crippen LogP contribution in [-0.2, 0) is 5.60 Å². The van der Waals surface area contributed by atoms with Crippen molar-refractivity contribution in [3.05, 3.63) is 66.0 Å². The zero-order chi connectivity index (χ0) is 17.7. The van der Waals surface area contributed by atoms with E-state index in [1.165, 1.54) is 0 Å². The Morgan fingerprint density at radius 1 is 1.16 bits per heavy atom. The van der Waals surface area contributed by atoms with Crippen LogP contribution in [0.2, 0.25) is 0 Å². The normalized spacial score (nSPS) is 24.3. The second kappa shape index (κ2) is 7.66. The van der Waals surface area contributed by atoms with Gasteiger partial charge in [-0.05, 0) is 55.9 Å². The maximum Gasteiger partial charge on any atom is 0.315 e. The van der Waals surface area contributed by atoms with Gasteiger partial charge in [-0.3, -0.25) is 4.98 Å². The van der Waals surface area contributed by atoms with Crippen molar-refractivity contribution in [2.75, 3.05) is 0 Å². The molecule has 2 aromatic rings. The molecule has 2 amide bonds. The van der Waals surface area contributed by atoms with E-state index < -0.39 is 5.60 Å². The van der Waals surface area contributed by atoms with E-state index in [4.69, 9.17) is 0 Å². The van der Waals surface area contributed by atoms with Crippen LogP contribution in [0.25, 0.3) is 0 Å². The molecule has 1 saturated carbocycles. The number of carbonyl (C=O) groups excluding carboxylic acids is 1. The number of rotatable bonds is 4. The maximum atomic E-state index is 12.2. The molecule has 1 aromatic carbocycles. The third-order valence-corrected chi connectivity index (χ3v) is 5.01. The number of carbonyl (C=O) groups is 1. The van der Waals surface area contributed by atoms with E-state index in [-0.39, 0.29) is 18.1 Å². The Morgan fingerprint density at radius 3 is 2.44 bits per heavy atom. The van der Waals surface area contributed by atoms with E-state index in [9.17, 15) is 9.90 Å². The van der Waals surface area contributed by atoms with E-state index in [0.29, 0.717) is 12.8 Å². The van der Waals surface area contributed by atoms with Gasteiger partial charge in [-0.25, -0.2) is 4.79 Å². The van der Waals surface area contributed by atoms with Crippen LogP contribution in [0.1, 0.15) is 49.8 Å². The van der Waals surface area contributed by atoms with Crippen LogP contribution in [0.5, 0.6) is 0 Å². The molecular weight excluding hydrogens is 314 g/mol. The first-order valence-electron chi connectivity index (χ1n) is 8.82. The highest BCUT2D eigenvalue weighted by atomic mass is 16.3. The van der Waals surface area contributed by atoms with Gasteiger partial charge in [-0.15, -0.1) is 0 Å². The van der Waals surface area contributed by atoms with Gasteiger partial charge in [0.25, 0.3) is 0 Å². The predicted molar refractivity (Wildman–Crippen MR) is 96.9 cm³/mol. The molecule has 132 valence electrons. The number of hydrogen-bond acceptors (Lipinski definition) is 3. The number of nitrogens with one attached hydrogen (secondary N) is 2. The lowest BCUT2D eigenvalue weighted by Gasteiger charge is -2.36. The van der Waals surface area contributed by atoms with Crippen molar-refractivity contribution in [1.29, 1.82) is 0 Å². The lowest BCUT2D eigenvalue weighted by molar-refractivity contribution is -0.00735. The molecule has 1 heterocycles. The zero-order valence-corrected chi connectivity index (χ0v) is 14.5. The molecule has 1 aliphatic carbocycles. The third-order valence-electron chi connectivity index (χ3n) is 5.01. The Labute approximate surface area is 148 Å². The highest BCUT2D eigenvalue weighted by Gasteiger charge is 2.35. The minimum absolute atomic E-state index is 0.0761. The lowest BCUT2D eigenvalue weighted by Crippen LogP contribution is -2.46. The van der Waals surface area contributed by atoms with Crippen LogP contribution in [0.15, 0.2) is 54.9 Å². The van der Waals surface area contributed by atoms with Crippen molar-refractivity contribution in [3.8, 4) is 0 Å². The average molecular weight is 339 g/mol. The van der Waals surface area contributed by atoms with Gasteiger partial charge in [0.1, 0.15) is 0 Å². The first-order valence-corrected chi connectivity index (χ1v) is 8.82. The molecule has 0 spiro atoms. The zero-order valence-electron chi connectivity index (χ0n) is 14.5. The molecule has 1 aliphatic rings. The fourth-order valence-electron chi connectivity index (χ4n) is 3.44. The topological polar surface area (TPSA) is 74.2 Å². The number of pyridine rings is 1. The highest BCUT2D eigenvalue weighted by Crippen LogP contribution is 2.36. The van der Waals surface area contributed by atoms with Gasteiger partial charge in [0.2, 0.25) is 0 Å². The van der Waals surface area contributed by atoms with Crippen LogP contribution in [0, 0.1) is 0 Å². The van der Waals surface area contributed by atoms with Gasteiger partial charge in [0.15, 0.2) is 0 Å². The summed E-state index contributed by atoms with van der Waals surface area (Å²) < 4.78 is 0. The first-order chi connectivity index (χ1) is 12.1. The fourth-order valence-corrected chi connectivity index (χ4v) is 3.44. The van der Waals surface area contributed by atoms with Crippen molar-refractivity contribution in [2.45, 2.75) is 50.3 Å². The van der Waals surface area contributed by atoms with Crippen molar-refractivity contribution in [1.82, 2.24) is 15.6 Å². The minimum atomic E-state index is -0.778. The molecule has 0 aliphatic heterocycles. The third kappa shape index (κ3) is 4.37. The summed E-state index contributed by atoms with van der Waals surface area (Å²) in [6.07, 6.45) is 6.28. The van der Waals surface area contributed by atoms with Gasteiger partial charge in [0.05, 0.1) is 11.6 Å². The number of benzene rings is 1. The van der Waals surface area contributed by atoms with Crippen molar-refractivity contribution in [3.63, 3.8) is 0 Å². The predicted octanol–water partition coefficient (Wildman–Crippen LogP) is 3.27. The molecule has 5 heteroatoms. The smallest absolute Gasteiger partial charge is 0.315 e. The molecule has 1 unspecified atom stereocenters. The lowest BCUT2D eigenvalue weighted by atomic mass is 9.78. The van der Waals surface area contributed by atoms with Gasteiger partial charge >= 0.3 is 6.03 Å². The van der Waals surface area contributed by atoms with Gasteiger partial charge in [-0.1, -0.05) is 30.3 Å². The van der Waals surface area contributed by atoms with Crippen molar-refractivity contribution in [2.24, 2.45) is 0 Å². The summed E-state index contributed by atoms with van der Waals surface area (Å²) in [6, 6.07) is 13.4. The van der Waals surface area contributed by atoms with Crippen LogP contribution < -0.4 is 10.6 Å². The second-order valence-electron chi connectivity index (χ2n) is 6.79. The van der Waals surface area contributed by atoms with Gasteiger partial charge in [-0.2, -0.15) is 0 Å². The summed E-state index contributed by atoms with van der Waals surface area (Å²) in [7, 11) is 0. The Kier molecular flexibility index (Phi) is 5.34. The SMILES string of the molecule is CC(NC(=O)NC1CCC(O)(c2ccccc2)CC1)c1ccncc1. The molecule has 1 fully saturated rings.